The molecular weight excluding hydrogens is 238 g/mol. The molecule has 17 heavy (non-hydrogen) atoms. The van der Waals surface area contributed by atoms with Crippen molar-refractivity contribution >= 4 is 12.4 Å². The summed E-state index contributed by atoms with van der Waals surface area (Å²) in [5.41, 5.74) is 7.48. The zero-order chi connectivity index (χ0) is 11.8. The summed E-state index contributed by atoms with van der Waals surface area (Å²) in [5, 5.41) is 7.85. The second-order valence-corrected chi connectivity index (χ2v) is 5.44. The molecule has 0 aromatic carbocycles. The Morgan fingerprint density at radius 3 is 2.76 bits per heavy atom. The maximum atomic E-state index is 6.12. The monoisotopic (exact) mass is 259 g/mol. The Morgan fingerprint density at radius 2 is 2.24 bits per heavy atom. The van der Waals surface area contributed by atoms with Crippen LogP contribution in [-0.4, -0.2) is 39.0 Å². The predicted octanol–water partition coefficient (Wildman–Crippen LogP) is 0.796. The van der Waals surface area contributed by atoms with Crippen molar-refractivity contribution < 1.29 is 0 Å². The molecule has 1 aliphatic rings. The lowest BCUT2D eigenvalue weighted by Gasteiger charge is -2.42. The van der Waals surface area contributed by atoms with Gasteiger partial charge < -0.3 is 5.73 Å². The fourth-order valence-corrected chi connectivity index (χ4v) is 2.30. The lowest BCUT2D eigenvalue weighted by atomic mass is 9.80. The number of nitrogens with zero attached hydrogens (tertiary/aromatic N) is 4. The second-order valence-electron chi connectivity index (χ2n) is 5.44. The number of rotatable bonds is 2. The van der Waals surface area contributed by atoms with Crippen LogP contribution in [-0.2, 0) is 13.6 Å². The Kier molecular flexibility index (Phi) is 4.52. The average Bonchev–Trinajstić information content (AvgIpc) is 2.58. The maximum absolute atomic E-state index is 6.12. The highest BCUT2D eigenvalue weighted by atomic mass is 35.5. The van der Waals surface area contributed by atoms with Crippen molar-refractivity contribution in [3.8, 4) is 0 Å². The van der Waals surface area contributed by atoms with Crippen LogP contribution in [0.5, 0.6) is 0 Å². The lowest BCUT2D eigenvalue weighted by Crippen LogP contribution is -2.52. The van der Waals surface area contributed by atoms with Crippen molar-refractivity contribution in [1.29, 1.82) is 0 Å². The Hall–Kier alpha value is -0.650. The molecule has 2 heterocycles. The molecule has 1 aliphatic heterocycles. The van der Waals surface area contributed by atoms with Gasteiger partial charge in [0.05, 0.1) is 11.9 Å². The number of hydrogen-bond donors (Lipinski definition) is 1. The summed E-state index contributed by atoms with van der Waals surface area (Å²) in [7, 11) is 1.93. The van der Waals surface area contributed by atoms with E-state index in [1.165, 1.54) is 0 Å². The zero-order valence-corrected chi connectivity index (χ0v) is 11.6. The molecule has 1 atom stereocenters. The molecule has 0 amide bonds. The molecule has 1 saturated heterocycles. The van der Waals surface area contributed by atoms with Gasteiger partial charge in [-0.05, 0) is 11.8 Å². The molecule has 0 bridgehead atoms. The topological polar surface area (TPSA) is 60.0 Å². The van der Waals surface area contributed by atoms with Crippen LogP contribution in [0.1, 0.15) is 26.0 Å². The van der Waals surface area contributed by atoms with Gasteiger partial charge in [-0.15, -0.1) is 17.5 Å². The Bertz CT molecular complexity index is 362. The Labute approximate surface area is 109 Å². The van der Waals surface area contributed by atoms with Gasteiger partial charge in [0.25, 0.3) is 0 Å². The summed E-state index contributed by atoms with van der Waals surface area (Å²) >= 11 is 0. The van der Waals surface area contributed by atoms with Crippen molar-refractivity contribution in [2.45, 2.75) is 32.9 Å². The number of hydrogen-bond acceptors (Lipinski definition) is 4. The first-order chi connectivity index (χ1) is 7.49. The molecule has 0 aliphatic carbocycles. The SMILES string of the molecule is Cl.Cn1nncc1CN1CCC(N)C(C)(C)C1. The second kappa shape index (κ2) is 5.33. The first-order valence-corrected chi connectivity index (χ1v) is 5.80. The van der Waals surface area contributed by atoms with E-state index in [9.17, 15) is 0 Å². The Balaban J connectivity index is 0.00000144. The smallest absolute Gasteiger partial charge is 0.0738 e. The van der Waals surface area contributed by atoms with Crippen molar-refractivity contribution in [3.63, 3.8) is 0 Å². The van der Waals surface area contributed by atoms with Gasteiger partial charge in [0, 0.05) is 32.7 Å². The van der Waals surface area contributed by atoms with Gasteiger partial charge in [0.2, 0.25) is 0 Å². The minimum absolute atomic E-state index is 0. The van der Waals surface area contributed by atoms with E-state index in [4.69, 9.17) is 5.73 Å². The summed E-state index contributed by atoms with van der Waals surface area (Å²) < 4.78 is 1.83. The number of aromatic nitrogens is 3. The van der Waals surface area contributed by atoms with Crippen LogP contribution in [0.15, 0.2) is 6.20 Å². The number of aryl methyl sites for hydroxylation is 1. The molecule has 98 valence electrons. The van der Waals surface area contributed by atoms with E-state index in [1.807, 2.05) is 17.9 Å². The Morgan fingerprint density at radius 1 is 1.53 bits per heavy atom. The molecule has 2 rings (SSSR count). The molecule has 5 nitrogen and oxygen atoms in total. The van der Waals surface area contributed by atoms with Crippen molar-refractivity contribution in [2.75, 3.05) is 13.1 Å². The minimum atomic E-state index is 0. The van der Waals surface area contributed by atoms with Crippen LogP contribution in [0.3, 0.4) is 0 Å². The van der Waals surface area contributed by atoms with E-state index >= 15 is 0 Å². The van der Waals surface area contributed by atoms with Gasteiger partial charge in [0.1, 0.15) is 0 Å². The van der Waals surface area contributed by atoms with E-state index in [0.717, 1.165) is 31.7 Å². The molecule has 1 aromatic heterocycles. The van der Waals surface area contributed by atoms with E-state index < -0.39 is 0 Å². The number of halogens is 1. The number of nitrogens with two attached hydrogens (primary N) is 1. The fourth-order valence-electron chi connectivity index (χ4n) is 2.30. The summed E-state index contributed by atoms with van der Waals surface area (Å²) in [6.07, 6.45) is 2.90. The van der Waals surface area contributed by atoms with Crippen LogP contribution < -0.4 is 5.73 Å². The molecule has 0 radical (unpaired) electrons. The van der Waals surface area contributed by atoms with Crippen LogP contribution in [0, 0.1) is 5.41 Å². The van der Waals surface area contributed by atoms with Gasteiger partial charge in [0.15, 0.2) is 0 Å². The standard InChI is InChI=1S/C11H21N5.ClH/c1-11(2)8-16(5-4-10(11)12)7-9-6-13-14-15(9)3;/h6,10H,4-5,7-8,12H2,1-3H3;1H. The first kappa shape index (κ1) is 14.4. The van der Waals surface area contributed by atoms with Gasteiger partial charge in [-0.3, -0.25) is 9.58 Å². The largest absolute Gasteiger partial charge is 0.327 e. The minimum Gasteiger partial charge on any atom is -0.327 e. The van der Waals surface area contributed by atoms with E-state index in [0.29, 0.717) is 6.04 Å². The summed E-state index contributed by atoms with van der Waals surface area (Å²) in [4.78, 5) is 2.43. The van der Waals surface area contributed by atoms with Gasteiger partial charge >= 0.3 is 0 Å². The molecule has 1 unspecified atom stereocenters. The molecule has 6 heteroatoms. The quantitative estimate of drug-likeness (QED) is 0.854. The van der Waals surface area contributed by atoms with Gasteiger partial charge in [-0.2, -0.15) is 0 Å². The third-order valence-electron chi connectivity index (χ3n) is 3.59. The predicted molar refractivity (Wildman–Crippen MR) is 69.9 cm³/mol. The molecule has 0 saturated carbocycles. The molecule has 1 aromatic rings. The average molecular weight is 260 g/mol. The highest BCUT2D eigenvalue weighted by Gasteiger charge is 2.33. The highest BCUT2D eigenvalue weighted by Crippen LogP contribution is 2.28. The first-order valence-electron chi connectivity index (χ1n) is 5.80. The van der Waals surface area contributed by atoms with Crippen LogP contribution in [0.2, 0.25) is 0 Å². The molecular formula is C11H22ClN5. The maximum Gasteiger partial charge on any atom is 0.0738 e. The summed E-state index contributed by atoms with van der Waals surface area (Å²) in [5.74, 6) is 0. The third-order valence-corrected chi connectivity index (χ3v) is 3.59. The van der Waals surface area contributed by atoms with Gasteiger partial charge in [-0.1, -0.05) is 19.1 Å². The zero-order valence-electron chi connectivity index (χ0n) is 10.8. The lowest BCUT2D eigenvalue weighted by molar-refractivity contribution is 0.0880. The van der Waals surface area contributed by atoms with Crippen molar-refractivity contribution in [2.24, 2.45) is 18.2 Å². The summed E-state index contributed by atoms with van der Waals surface area (Å²) in [6.45, 7) is 7.51. The van der Waals surface area contributed by atoms with Crippen molar-refractivity contribution in [1.82, 2.24) is 19.9 Å². The van der Waals surface area contributed by atoms with E-state index in [1.54, 1.807) is 0 Å². The van der Waals surface area contributed by atoms with Gasteiger partial charge in [-0.25, -0.2) is 0 Å². The normalized spacial score (nSPS) is 24.4. The third kappa shape index (κ3) is 3.18. The number of piperidine rings is 1. The molecule has 2 N–H and O–H groups in total. The molecule has 0 spiro atoms. The van der Waals surface area contributed by atoms with Crippen LogP contribution >= 0.6 is 12.4 Å². The van der Waals surface area contributed by atoms with Crippen LogP contribution in [0.4, 0.5) is 0 Å². The molecule has 1 fully saturated rings. The van der Waals surface area contributed by atoms with E-state index in [-0.39, 0.29) is 17.8 Å². The van der Waals surface area contributed by atoms with E-state index in [2.05, 4.69) is 29.1 Å². The fraction of sp³-hybridized carbons (Fsp3) is 0.818. The van der Waals surface area contributed by atoms with Crippen LogP contribution in [0.25, 0.3) is 0 Å². The summed E-state index contributed by atoms with van der Waals surface area (Å²) in [6, 6.07) is 0.313. The number of likely N-dealkylation sites (tertiary alicyclic amines) is 1. The highest BCUT2D eigenvalue weighted by molar-refractivity contribution is 5.85. The van der Waals surface area contributed by atoms with Crippen molar-refractivity contribution in [3.05, 3.63) is 11.9 Å².